The minimum absolute atomic E-state index is 0.0670. The first kappa shape index (κ1) is 27.0. The molecular formula is C33H48O3. The van der Waals surface area contributed by atoms with E-state index in [1.807, 2.05) is 6.92 Å². The predicted molar refractivity (Wildman–Crippen MR) is 148 cm³/mol. The number of allylic oxidation sites excluding steroid dienone is 4. The van der Waals surface area contributed by atoms with Gasteiger partial charge < -0.3 is 9.84 Å². The van der Waals surface area contributed by atoms with Gasteiger partial charge in [-0.05, 0) is 109 Å². The van der Waals surface area contributed by atoms with E-state index in [1.165, 1.54) is 24.8 Å². The molecule has 0 radical (unpaired) electrons. The molecule has 36 heavy (non-hydrogen) atoms. The van der Waals surface area contributed by atoms with Crippen LogP contribution < -0.4 is 0 Å². The lowest BCUT2D eigenvalue weighted by molar-refractivity contribution is -0.170. The first-order valence-corrected chi connectivity index (χ1v) is 14.1. The van der Waals surface area contributed by atoms with E-state index < -0.39 is 5.41 Å². The highest BCUT2D eigenvalue weighted by atomic mass is 16.5. The molecule has 0 aliphatic heterocycles. The summed E-state index contributed by atoms with van der Waals surface area (Å²) in [6.45, 7) is 19.8. The number of hydrogen-bond donors (Lipinski definition) is 1. The highest BCUT2D eigenvalue weighted by Crippen LogP contribution is 2.62. The Morgan fingerprint density at radius 3 is 2.53 bits per heavy atom. The summed E-state index contributed by atoms with van der Waals surface area (Å²) in [5.74, 6) is 1.70. The molecular weight excluding hydrogens is 444 g/mol. The third kappa shape index (κ3) is 4.45. The average Bonchev–Trinajstić information content (AvgIpc) is 2.79. The second kappa shape index (κ2) is 9.37. The Hall–Kier alpha value is -2.03. The lowest BCUT2D eigenvalue weighted by atomic mass is 9.47. The smallest absolute Gasteiger partial charge is 0.312 e. The number of ether oxygens (including phenoxy) is 1. The topological polar surface area (TPSA) is 46.5 Å². The van der Waals surface area contributed by atoms with Crippen LogP contribution in [-0.4, -0.2) is 11.1 Å². The van der Waals surface area contributed by atoms with Crippen molar-refractivity contribution in [2.75, 3.05) is 0 Å². The molecule has 198 valence electrons. The van der Waals surface area contributed by atoms with Crippen molar-refractivity contribution in [3.8, 4) is 5.75 Å². The molecule has 3 aliphatic rings. The third-order valence-electron chi connectivity index (χ3n) is 10.1. The van der Waals surface area contributed by atoms with Gasteiger partial charge in [0, 0.05) is 0 Å². The Kier molecular flexibility index (Phi) is 7.03. The van der Waals surface area contributed by atoms with Crippen molar-refractivity contribution in [3.05, 3.63) is 51.6 Å². The number of hydrogen-bond acceptors (Lipinski definition) is 3. The molecule has 0 spiro atoms. The van der Waals surface area contributed by atoms with E-state index in [0.29, 0.717) is 23.5 Å². The van der Waals surface area contributed by atoms with Gasteiger partial charge in [-0.2, -0.15) is 0 Å². The van der Waals surface area contributed by atoms with Gasteiger partial charge in [-0.15, -0.1) is 0 Å². The number of carbonyl (C=O) groups is 1. The highest BCUT2D eigenvalue weighted by molar-refractivity contribution is 5.77. The first-order chi connectivity index (χ1) is 16.7. The van der Waals surface area contributed by atoms with Gasteiger partial charge in [0.2, 0.25) is 0 Å². The van der Waals surface area contributed by atoms with Crippen LogP contribution in [0.4, 0.5) is 0 Å². The molecule has 1 aromatic carbocycles. The predicted octanol–water partition coefficient (Wildman–Crippen LogP) is 8.48. The molecule has 1 aromatic rings. The van der Waals surface area contributed by atoms with Crippen LogP contribution in [0.25, 0.3) is 0 Å². The average molecular weight is 493 g/mol. The summed E-state index contributed by atoms with van der Waals surface area (Å²) in [5, 5.41) is 10.9. The number of aromatic hydroxyl groups is 1. The SMILES string of the molecule is Cc1cc(C(C)(C)C)c(O)c(C)c1COC(=O)[C@@]1(C)CCC[C@@]2(C)C1CC=C1C=C(C(C)C)CC[C@H]12. The van der Waals surface area contributed by atoms with Gasteiger partial charge in [0.15, 0.2) is 0 Å². The van der Waals surface area contributed by atoms with Crippen LogP contribution in [0.15, 0.2) is 29.4 Å². The highest BCUT2D eigenvalue weighted by Gasteiger charge is 2.57. The summed E-state index contributed by atoms with van der Waals surface area (Å²) in [5.41, 5.74) is 6.36. The minimum atomic E-state index is -0.480. The molecule has 1 fully saturated rings. The van der Waals surface area contributed by atoms with Crippen molar-refractivity contribution >= 4 is 5.97 Å². The van der Waals surface area contributed by atoms with Crippen molar-refractivity contribution < 1.29 is 14.6 Å². The maximum atomic E-state index is 13.8. The number of fused-ring (bicyclic) bond motifs is 3. The number of rotatable bonds is 4. The second-order valence-electron chi connectivity index (χ2n) is 13.8. The Balaban J connectivity index is 1.58. The van der Waals surface area contributed by atoms with E-state index in [2.05, 4.69) is 73.6 Å². The number of phenols is 1. The summed E-state index contributed by atoms with van der Waals surface area (Å²) in [6, 6.07) is 2.06. The lowest BCUT2D eigenvalue weighted by Crippen LogP contribution is -2.53. The largest absolute Gasteiger partial charge is 0.507 e. The summed E-state index contributed by atoms with van der Waals surface area (Å²) >= 11 is 0. The van der Waals surface area contributed by atoms with Crippen LogP contribution in [0, 0.1) is 42.4 Å². The molecule has 1 saturated carbocycles. The molecule has 1 unspecified atom stereocenters. The standard InChI is InChI=1S/C33H48O3/c1-20(2)23-11-13-26-24(18-23)12-14-28-32(26,8)15-10-16-33(28,9)30(35)36-19-25-21(3)17-27(31(5,6)7)29(34)22(25)4/h12,17-18,20,26,28,34H,10-11,13-16,19H2,1-9H3/t26-,28?,32-,33+/m1/s1. The molecule has 3 heteroatoms. The Morgan fingerprint density at radius 2 is 1.89 bits per heavy atom. The van der Waals surface area contributed by atoms with Gasteiger partial charge in [0.05, 0.1) is 5.41 Å². The van der Waals surface area contributed by atoms with E-state index in [4.69, 9.17) is 4.74 Å². The van der Waals surface area contributed by atoms with Gasteiger partial charge in [-0.3, -0.25) is 4.79 Å². The summed E-state index contributed by atoms with van der Waals surface area (Å²) in [7, 11) is 0. The summed E-state index contributed by atoms with van der Waals surface area (Å²) in [6.07, 6.45) is 11.4. The van der Waals surface area contributed by atoms with Gasteiger partial charge >= 0.3 is 5.97 Å². The Morgan fingerprint density at radius 1 is 1.19 bits per heavy atom. The molecule has 4 atom stereocenters. The molecule has 4 rings (SSSR count). The van der Waals surface area contributed by atoms with Crippen LogP contribution in [0.5, 0.6) is 5.75 Å². The fourth-order valence-electron chi connectivity index (χ4n) is 7.70. The van der Waals surface area contributed by atoms with Gasteiger partial charge in [-0.25, -0.2) is 0 Å². The lowest BCUT2D eigenvalue weighted by Gasteiger charge is -2.57. The van der Waals surface area contributed by atoms with Crippen LogP contribution in [0.3, 0.4) is 0 Å². The Labute approximate surface area is 219 Å². The molecule has 0 bridgehead atoms. The van der Waals surface area contributed by atoms with Crippen molar-refractivity contribution in [2.24, 2.45) is 28.6 Å². The fraction of sp³-hybridized carbons (Fsp3) is 0.667. The van der Waals surface area contributed by atoms with E-state index in [0.717, 1.165) is 41.5 Å². The molecule has 0 aromatic heterocycles. The third-order valence-corrected chi connectivity index (χ3v) is 10.1. The van der Waals surface area contributed by atoms with E-state index >= 15 is 0 Å². The molecule has 0 heterocycles. The zero-order chi connectivity index (χ0) is 26.6. The number of benzene rings is 1. The van der Waals surface area contributed by atoms with Crippen LogP contribution in [0.2, 0.25) is 0 Å². The van der Waals surface area contributed by atoms with Crippen molar-refractivity contribution in [2.45, 2.75) is 113 Å². The van der Waals surface area contributed by atoms with E-state index in [9.17, 15) is 9.90 Å². The quantitative estimate of drug-likeness (QED) is 0.429. The fourth-order valence-corrected chi connectivity index (χ4v) is 7.70. The summed E-state index contributed by atoms with van der Waals surface area (Å²) < 4.78 is 6.11. The molecule has 0 amide bonds. The second-order valence-corrected chi connectivity index (χ2v) is 13.8. The van der Waals surface area contributed by atoms with Gasteiger partial charge in [-0.1, -0.05) is 71.8 Å². The monoisotopic (exact) mass is 492 g/mol. The normalized spacial score (nSPS) is 30.3. The van der Waals surface area contributed by atoms with Crippen LogP contribution >= 0.6 is 0 Å². The number of aryl methyl sites for hydroxylation is 1. The maximum absolute atomic E-state index is 13.8. The van der Waals surface area contributed by atoms with Crippen LogP contribution in [0.1, 0.15) is 109 Å². The van der Waals surface area contributed by atoms with Crippen LogP contribution in [-0.2, 0) is 21.6 Å². The number of esters is 1. The molecule has 3 aliphatic carbocycles. The zero-order valence-corrected chi connectivity index (χ0v) is 24.2. The van der Waals surface area contributed by atoms with Crippen molar-refractivity contribution in [3.63, 3.8) is 0 Å². The molecule has 3 nitrogen and oxygen atoms in total. The van der Waals surface area contributed by atoms with E-state index in [1.54, 1.807) is 5.57 Å². The Bertz CT molecular complexity index is 1100. The zero-order valence-electron chi connectivity index (χ0n) is 24.2. The minimum Gasteiger partial charge on any atom is -0.507 e. The number of carbonyl (C=O) groups excluding carboxylic acids is 1. The van der Waals surface area contributed by atoms with Crippen molar-refractivity contribution in [1.29, 1.82) is 0 Å². The maximum Gasteiger partial charge on any atom is 0.312 e. The first-order valence-electron chi connectivity index (χ1n) is 14.1. The molecule has 0 saturated heterocycles. The van der Waals surface area contributed by atoms with Gasteiger partial charge in [0.25, 0.3) is 0 Å². The molecule has 1 N–H and O–H groups in total. The summed E-state index contributed by atoms with van der Waals surface area (Å²) in [4.78, 5) is 13.8. The number of phenolic OH excluding ortho intramolecular Hbond substituents is 1. The van der Waals surface area contributed by atoms with Gasteiger partial charge in [0.1, 0.15) is 12.4 Å². The van der Waals surface area contributed by atoms with Crippen molar-refractivity contribution in [1.82, 2.24) is 0 Å². The van der Waals surface area contributed by atoms with E-state index in [-0.39, 0.29) is 23.4 Å².